The van der Waals surface area contributed by atoms with Crippen molar-refractivity contribution >= 4 is 29.5 Å². The number of nitrogens with zero attached hydrogens (tertiary/aromatic N) is 1. The van der Waals surface area contributed by atoms with Crippen LogP contribution < -0.4 is 10.7 Å². The Bertz CT molecular complexity index is 647. The maximum Gasteiger partial charge on any atom is 0.203 e. The van der Waals surface area contributed by atoms with Crippen LogP contribution in [0.1, 0.15) is 24.3 Å². The first-order chi connectivity index (χ1) is 9.83. The summed E-state index contributed by atoms with van der Waals surface area (Å²) in [4.78, 5) is 0. The third-order valence-electron chi connectivity index (χ3n) is 3.84. The number of benzene rings is 2. The zero-order valence-electron chi connectivity index (χ0n) is 12.1. The fourth-order valence-electron chi connectivity index (χ4n) is 2.67. The SMILES string of the molecule is CB/C(=N/NC)Nc1ccc(C2CC2)c2ccccc12. The molecule has 0 atom stereocenters. The van der Waals surface area contributed by atoms with Crippen molar-refractivity contribution in [3.8, 4) is 0 Å². The molecule has 3 rings (SSSR count). The second kappa shape index (κ2) is 5.57. The lowest BCUT2D eigenvalue weighted by molar-refractivity contribution is 0.904. The van der Waals surface area contributed by atoms with Crippen molar-refractivity contribution in [2.24, 2.45) is 5.10 Å². The van der Waals surface area contributed by atoms with Crippen LogP contribution >= 0.6 is 0 Å². The van der Waals surface area contributed by atoms with Gasteiger partial charge in [-0.1, -0.05) is 37.2 Å². The summed E-state index contributed by atoms with van der Waals surface area (Å²) >= 11 is 0. The van der Waals surface area contributed by atoms with Crippen molar-refractivity contribution in [3.05, 3.63) is 42.0 Å². The van der Waals surface area contributed by atoms with E-state index in [0.29, 0.717) is 0 Å². The van der Waals surface area contributed by atoms with E-state index < -0.39 is 0 Å². The average molecular weight is 265 g/mol. The Morgan fingerprint density at radius 2 is 1.90 bits per heavy atom. The van der Waals surface area contributed by atoms with Crippen LogP contribution in [-0.2, 0) is 0 Å². The largest absolute Gasteiger partial charge is 0.350 e. The van der Waals surface area contributed by atoms with Crippen LogP contribution in [0.5, 0.6) is 0 Å². The first kappa shape index (κ1) is 13.0. The molecule has 4 heteroatoms. The number of fused-ring (bicyclic) bond motifs is 1. The van der Waals surface area contributed by atoms with Crippen LogP contribution in [0, 0.1) is 0 Å². The molecule has 2 aromatic carbocycles. The molecular weight excluding hydrogens is 245 g/mol. The van der Waals surface area contributed by atoms with Gasteiger partial charge in [0.15, 0.2) is 0 Å². The number of nitrogens with one attached hydrogen (secondary N) is 2. The molecule has 102 valence electrons. The zero-order valence-corrected chi connectivity index (χ0v) is 12.1. The molecule has 1 aliphatic carbocycles. The second-order valence-corrected chi connectivity index (χ2v) is 5.28. The van der Waals surface area contributed by atoms with E-state index in [1.54, 1.807) is 0 Å². The van der Waals surface area contributed by atoms with Crippen LogP contribution in [0.4, 0.5) is 5.69 Å². The third kappa shape index (κ3) is 2.51. The average Bonchev–Trinajstić information content (AvgIpc) is 3.31. The summed E-state index contributed by atoms with van der Waals surface area (Å²) in [6.45, 7) is 2.10. The van der Waals surface area contributed by atoms with Gasteiger partial charge in [-0.25, -0.2) is 0 Å². The summed E-state index contributed by atoms with van der Waals surface area (Å²) < 4.78 is 0. The number of hydrogen-bond donors (Lipinski definition) is 2. The normalized spacial score (nSPS) is 15.2. The number of anilines is 1. The number of hydrazone groups is 1. The highest BCUT2D eigenvalue weighted by atomic mass is 15.3. The number of amidine groups is 1. The van der Waals surface area contributed by atoms with Gasteiger partial charge in [-0.3, -0.25) is 0 Å². The quantitative estimate of drug-likeness (QED) is 0.385. The number of hydrogen-bond acceptors (Lipinski definition) is 2. The highest BCUT2D eigenvalue weighted by molar-refractivity contribution is 6.76. The topological polar surface area (TPSA) is 36.4 Å². The van der Waals surface area contributed by atoms with E-state index in [-0.39, 0.29) is 0 Å². The highest BCUT2D eigenvalue weighted by Gasteiger charge is 2.25. The van der Waals surface area contributed by atoms with Crippen LogP contribution in [0.2, 0.25) is 6.82 Å². The molecule has 3 nitrogen and oxygen atoms in total. The van der Waals surface area contributed by atoms with Crippen molar-refractivity contribution in [1.29, 1.82) is 0 Å². The smallest absolute Gasteiger partial charge is 0.203 e. The van der Waals surface area contributed by atoms with Gasteiger partial charge in [0.05, 0.1) is 5.73 Å². The molecule has 1 aliphatic rings. The van der Waals surface area contributed by atoms with Crippen LogP contribution in [0.3, 0.4) is 0 Å². The van der Waals surface area contributed by atoms with Crippen LogP contribution in [-0.4, -0.2) is 20.1 Å². The molecule has 2 aromatic rings. The van der Waals surface area contributed by atoms with Crippen molar-refractivity contribution in [3.63, 3.8) is 0 Å². The zero-order chi connectivity index (χ0) is 13.9. The predicted octanol–water partition coefficient (Wildman–Crippen LogP) is 3.10. The van der Waals surface area contributed by atoms with E-state index in [0.717, 1.165) is 24.6 Å². The number of rotatable bonds is 4. The van der Waals surface area contributed by atoms with Gasteiger partial charge in [0.25, 0.3) is 0 Å². The van der Waals surface area contributed by atoms with E-state index >= 15 is 0 Å². The fourth-order valence-corrected chi connectivity index (χ4v) is 2.67. The van der Waals surface area contributed by atoms with E-state index in [1.807, 2.05) is 7.05 Å². The molecule has 0 heterocycles. The molecule has 0 spiro atoms. The van der Waals surface area contributed by atoms with Gasteiger partial charge >= 0.3 is 0 Å². The molecule has 1 saturated carbocycles. The van der Waals surface area contributed by atoms with Crippen LogP contribution in [0.25, 0.3) is 10.8 Å². The third-order valence-corrected chi connectivity index (χ3v) is 3.84. The van der Waals surface area contributed by atoms with E-state index in [9.17, 15) is 0 Å². The Morgan fingerprint density at radius 1 is 1.15 bits per heavy atom. The molecule has 0 radical (unpaired) electrons. The molecule has 0 bridgehead atoms. The lowest BCUT2D eigenvalue weighted by Gasteiger charge is -2.13. The maximum absolute atomic E-state index is 4.27. The minimum Gasteiger partial charge on any atom is -0.350 e. The minimum atomic E-state index is 0.769. The Balaban J connectivity index is 2.03. The van der Waals surface area contributed by atoms with Crippen molar-refractivity contribution in [2.45, 2.75) is 25.6 Å². The fraction of sp³-hybridized carbons (Fsp3) is 0.312. The Labute approximate surface area is 120 Å². The maximum atomic E-state index is 4.27. The van der Waals surface area contributed by atoms with Crippen LogP contribution in [0.15, 0.2) is 41.5 Å². The molecule has 0 amide bonds. The van der Waals surface area contributed by atoms with E-state index in [4.69, 9.17) is 0 Å². The summed E-state index contributed by atoms with van der Waals surface area (Å²) in [5.74, 6) is 0.769. The van der Waals surface area contributed by atoms with Gasteiger partial charge in [0.2, 0.25) is 7.28 Å². The Morgan fingerprint density at radius 3 is 2.55 bits per heavy atom. The summed E-state index contributed by atoms with van der Waals surface area (Å²) in [6.07, 6.45) is 2.66. The molecule has 20 heavy (non-hydrogen) atoms. The van der Waals surface area contributed by atoms with Crippen molar-refractivity contribution in [1.82, 2.24) is 5.43 Å². The first-order valence-corrected chi connectivity index (χ1v) is 7.35. The minimum absolute atomic E-state index is 0.769. The van der Waals surface area contributed by atoms with Crippen molar-refractivity contribution in [2.75, 3.05) is 12.4 Å². The van der Waals surface area contributed by atoms with Gasteiger partial charge < -0.3 is 10.7 Å². The molecule has 0 unspecified atom stereocenters. The molecule has 2 N–H and O–H groups in total. The summed E-state index contributed by atoms with van der Waals surface area (Å²) in [5.41, 5.74) is 6.44. The Hall–Kier alpha value is -1.97. The lowest BCUT2D eigenvalue weighted by atomic mass is 9.80. The van der Waals surface area contributed by atoms with E-state index in [1.165, 1.54) is 29.2 Å². The highest BCUT2D eigenvalue weighted by Crippen LogP contribution is 2.44. The van der Waals surface area contributed by atoms with Crippen molar-refractivity contribution < 1.29 is 0 Å². The molecule has 0 aliphatic heterocycles. The standard InChI is InChI=1S/C16H20BN3/c1-17-16(20-18-2)19-15-10-9-12(11-7-8-11)13-5-3-4-6-14(13)15/h3-6,9-11,17-18H,7-8H2,1-2H3,(H,19,20). The Kier molecular flexibility index (Phi) is 3.63. The summed E-state index contributed by atoms with van der Waals surface area (Å²) in [6, 6.07) is 13.1. The molecule has 0 aromatic heterocycles. The predicted molar refractivity (Wildman–Crippen MR) is 89.1 cm³/mol. The molecule has 0 saturated heterocycles. The first-order valence-electron chi connectivity index (χ1n) is 7.35. The van der Waals surface area contributed by atoms with E-state index in [2.05, 4.69) is 59.1 Å². The van der Waals surface area contributed by atoms with Gasteiger partial charge in [-0.2, -0.15) is 5.10 Å². The second-order valence-electron chi connectivity index (χ2n) is 5.28. The van der Waals surface area contributed by atoms with Gasteiger partial charge in [-0.15, -0.1) is 0 Å². The monoisotopic (exact) mass is 265 g/mol. The van der Waals surface area contributed by atoms with Gasteiger partial charge in [0.1, 0.15) is 0 Å². The molecular formula is C16H20BN3. The summed E-state index contributed by atoms with van der Waals surface area (Å²) in [5, 5.41) is 10.4. The van der Waals surface area contributed by atoms with Gasteiger partial charge in [-0.05, 0) is 35.8 Å². The molecule has 1 fully saturated rings. The lowest BCUT2D eigenvalue weighted by Crippen LogP contribution is -2.20. The summed E-state index contributed by atoms with van der Waals surface area (Å²) in [7, 11) is 2.70. The van der Waals surface area contributed by atoms with Gasteiger partial charge in [0, 0.05) is 18.1 Å².